The number of ketones is 1. The van der Waals surface area contributed by atoms with Crippen molar-refractivity contribution in [3.05, 3.63) is 57.0 Å². The number of nitrogens with zero attached hydrogens (tertiary/aromatic N) is 2. The van der Waals surface area contributed by atoms with Crippen molar-refractivity contribution >= 4 is 29.1 Å². The number of carbonyl (C=O) groups excluding carboxylic acids is 1. The molecule has 26 heavy (non-hydrogen) atoms. The highest BCUT2D eigenvalue weighted by Gasteiger charge is 2.23. The number of halogens is 1. The van der Waals surface area contributed by atoms with Crippen molar-refractivity contribution in [3.8, 4) is 0 Å². The van der Waals surface area contributed by atoms with Crippen molar-refractivity contribution in [3.63, 3.8) is 0 Å². The van der Waals surface area contributed by atoms with Gasteiger partial charge in [0.1, 0.15) is 5.02 Å². The zero-order valence-electron chi connectivity index (χ0n) is 16.1. The normalized spacial score (nSPS) is 12.3. The molecule has 2 aromatic rings. The summed E-state index contributed by atoms with van der Waals surface area (Å²) in [6, 6.07) is 7.56. The first-order valence-corrected chi connectivity index (χ1v) is 9.82. The van der Waals surface area contributed by atoms with Crippen LogP contribution in [0, 0.1) is 5.41 Å². The molecule has 140 valence electrons. The minimum atomic E-state index is -0.417. The van der Waals surface area contributed by atoms with E-state index in [1.165, 1.54) is 16.4 Å². The quantitative estimate of drug-likeness (QED) is 0.531. The fourth-order valence-electron chi connectivity index (χ4n) is 2.34. The Morgan fingerprint density at radius 3 is 2.19 bits per heavy atom. The first-order valence-electron chi connectivity index (χ1n) is 8.46. The van der Waals surface area contributed by atoms with E-state index in [0.29, 0.717) is 16.2 Å². The van der Waals surface area contributed by atoms with Gasteiger partial charge in [-0.25, -0.2) is 4.68 Å². The number of hydrogen-bond donors (Lipinski definition) is 0. The minimum absolute atomic E-state index is 0.120. The molecule has 4 nitrogen and oxygen atoms in total. The first-order chi connectivity index (χ1) is 11.9. The molecular weight excluding hydrogens is 368 g/mol. The van der Waals surface area contributed by atoms with Gasteiger partial charge in [0.05, 0.1) is 16.6 Å². The summed E-state index contributed by atoms with van der Waals surface area (Å²) in [4.78, 5) is 25.3. The highest BCUT2D eigenvalue weighted by molar-refractivity contribution is 7.98. The monoisotopic (exact) mass is 392 g/mol. The van der Waals surface area contributed by atoms with Crippen LogP contribution in [-0.2, 0) is 11.3 Å². The Morgan fingerprint density at radius 1 is 1.12 bits per heavy atom. The van der Waals surface area contributed by atoms with Gasteiger partial charge >= 0.3 is 0 Å². The third-order valence-corrected chi connectivity index (χ3v) is 5.39. The highest BCUT2D eigenvalue weighted by atomic mass is 35.5. The molecule has 0 saturated heterocycles. The number of rotatable bonds is 4. The molecule has 0 bridgehead atoms. The number of aromatic nitrogens is 2. The molecule has 0 unspecified atom stereocenters. The van der Waals surface area contributed by atoms with Crippen LogP contribution in [0.2, 0.25) is 5.02 Å². The topological polar surface area (TPSA) is 52.0 Å². The number of hydrogen-bond acceptors (Lipinski definition) is 4. The smallest absolute Gasteiger partial charge is 0.287 e. The molecule has 0 aliphatic carbocycles. The molecule has 0 atom stereocenters. The zero-order chi connectivity index (χ0) is 19.7. The van der Waals surface area contributed by atoms with Gasteiger partial charge in [0.15, 0.2) is 5.78 Å². The first kappa shape index (κ1) is 20.7. The maximum absolute atomic E-state index is 12.4. The summed E-state index contributed by atoms with van der Waals surface area (Å²) in [5, 5.41) is 4.44. The van der Waals surface area contributed by atoms with Crippen molar-refractivity contribution < 1.29 is 4.79 Å². The molecule has 0 fully saturated rings. The van der Waals surface area contributed by atoms with E-state index in [9.17, 15) is 9.59 Å². The highest BCUT2D eigenvalue weighted by Crippen LogP contribution is 2.28. The lowest BCUT2D eigenvalue weighted by Gasteiger charge is -2.21. The molecule has 0 spiro atoms. The van der Waals surface area contributed by atoms with Gasteiger partial charge in [-0.2, -0.15) is 5.10 Å². The van der Waals surface area contributed by atoms with Crippen molar-refractivity contribution in [1.82, 2.24) is 9.78 Å². The Morgan fingerprint density at radius 2 is 1.69 bits per heavy atom. The Hall–Kier alpha value is -1.59. The van der Waals surface area contributed by atoms with Crippen LogP contribution in [0.25, 0.3) is 0 Å². The number of Topliss-reactive ketones (excluding diaryl/α,β-unsaturated/α-hetero) is 1. The van der Waals surface area contributed by atoms with Gasteiger partial charge in [-0.15, -0.1) is 11.8 Å². The van der Waals surface area contributed by atoms with E-state index in [1.54, 1.807) is 6.20 Å². The average Bonchev–Trinajstić information content (AvgIpc) is 2.54. The van der Waals surface area contributed by atoms with E-state index >= 15 is 0 Å². The van der Waals surface area contributed by atoms with E-state index in [0.717, 1.165) is 5.56 Å². The molecule has 0 aliphatic rings. The third-order valence-electron chi connectivity index (χ3n) is 3.81. The fourth-order valence-corrected chi connectivity index (χ4v) is 3.49. The largest absolute Gasteiger partial charge is 0.294 e. The number of thioether (sulfide) groups is 1. The number of carbonyl (C=O) groups is 1. The van der Waals surface area contributed by atoms with Gasteiger partial charge in [0.2, 0.25) is 0 Å². The summed E-state index contributed by atoms with van der Waals surface area (Å²) in [6.07, 6.45) is 1.64. The lowest BCUT2D eigenvalue weighted by molar-refractivity contribution is 0.0858. The Kier molecular flexibility index (Phi) is 6.03. The van der Waals surface area contributed by atoms with Crippen LogP contribution in [-0.4, -0.2) is 15.6 Å². The van der Waals surface area contributed by atoms with Crippen molar-refractivity contribution in [2.45, 2.75) is 57.7 Å². The van der Waals surface area contributed by atoms with Crippen LogP contribution in [0.3, 0.4) is 0 Å². The lowest BCUT2D eigenvalue weighted by Crippen LogP contribution is -2.36. The second-order valence-corrected chi connectivity index (χ2v) is 9.67. The average molecular weight is 393 g/mol. The second-order valence-electron chi connectivity index (χ2n) is 8.28. The van der Waals surface area contributed by atoms with Gasteiger partial charge in [0, 0.05) is 16.7 Å². The Labute approximate surface area is 164 Å². The predicted octanol–water partition coefficient (Wildman–Crippen LogP) is 5.17. The summed E-state index contributed by atoms with van der Waals surface area (Å²) in [6.45, 7) is 11.5. The second kappa shape index (κ2) is 7.57. The number of benzene rings is 1. The van der Waals surface area contributed by atoms with Crippen molar-refractivity contribution in [2.75, 3.05) is 0 Å². The molecule has 0 amide bonds. The van der Waals surface area contributed by atoms with Gasteiger partial charge < -0.3 is 0 Å². The van der Waals surface area contributed by atoms with Crippen LogP contribution in [0.15, 0.2) is 40.2 Å². The van der Waals surface area contributed by atoms with Crippen LogP contribution in [0.5, 0.6) is 0 Å². The van der Waals surface area contributed by atoms with Gasteiger partial charge in [0.25, 0.3) is 5.56 Å². The summed E-state index contributed by atoms with van der Waals surface area (Å²) >= 11 is 7.71. The minimum Gasteiger partial charge on any atom is -0.294 e. The van der Waals surface area contributed by atoms with Crippen LogP contribution in [0.4, 0.5) is 0 Å². The summed E-state index contributed by atoms with van der Waals surface area (Å²) < 4.78 is 1.40. The molecular formula is C20H25ClN2O2S. The lowest BCUT2D eigenvalue weighted by atomic mass is 9.86. The third kappa shape index (κ3) is 4.77. The summed E-state index contributed by atoms with van der Waals surface area (Å²) in [5.74, 6) is 0.763. The molecule has 0 radical (unpaired) electrons. The van der Waals surface area contributed by atoms with E-state index in [1.807, 2.05) is 65.8 Å². The maximum Gasteiger partial charge on any atom is 0.287 e. The van der Waals surface area contributed by atoms with Crippen LogP contribution < -0.4 is 5.56 Å². The van der Waals surface area contributed by atoms with Gasteiger partial charge in [-0.1, -0.05) is 56.6 Å². The molecule has 0 saturated carbocycles. The molecule has 1 aromatic heterocycles. The van der Waals surface area contributed by atoms with Gasteiger partial charge in [-0.05, 0) is 26.3 Å². The SMILES string of the molecule is CC(C)(C)C(=O)c1ccc(CSc2cnn(C(C)(C)C)c(=O)c2Cl)cc1. The van der Waals surface area contributed by atoms with Crippen molar-refractivity contribution in [1.29, 1.82) is 0 Å². The van der Waals surface area contributed by atoms with E-state index in [-0.39, 0.29) is 16.4 Å². The van der Waals surface area contributed by atoms with E-state index < -0.39 is 11.0 Å². The molecule has 0 aliphatic heterocycles. The molecule has 1 heterocycles. The van der Waals surface area contributed by atoms with Crippen LogP contribution >= 0.6 is 23.4 Å². The standard InChI is InChI=1S/C20H25ClN2O2S/c1-19(2,3)17(24)14-9-7-13(8-10-14)12-26-15-11-22-23(20(4,5)6)18(25)16(15)21/h7-11H,12H2,1-6H3. The van der Waals surface area contributed by atoms with E-state index in [4.69, 9.17) is 11.6 Å². The van der Waals surface area contributed by atoms with Crippen LogP contribution in [0.1, 0.15) is 57.5 Å². The molecule has 2 rings (SSSR count). The summed E-state index contributed by atoms with van der Waals surface area (Å²) in [7, 11) is 0. The summed E-state index contributed by atoms with van der Waals surface area (Å²) in [5.41, 5.74) is 0.664. The molecule has 6 heteroatoms. The molecule has 1 aromatic carbocycles. The predicted molar refractivity (Wildman–Crippen MR) is 108 cm³/mol. The maximum atomic E-state index is 12.4. The van der Waals surface area contributed by atoms with Crippen molar-refractivity contribution in [2.24, 2.45) is 5.41 Å². The Bertz CT molecular complexity index is 859. The Balaban J connectivity index is 2.14. The zero-order valence-corrected chi connectivity index (χ0v) is 17.7. The fraction of sp³-hybridized carbons (Fsp3) is 0.450. The van der Waals surface area contributed by atoms with E-state index in [2.05, 4.69) is 5.10 Å². The molecule has 0 N–H and O–H groups in total. The van der Waals surface area contributed by atoms with Gasteiger partial charge in [-0.3, -0.25) is 9.59 Å².